The number of imide groups is 1. The third kappa shape index (κ3) is 8.21. The van der Waals surface area contributed by atoms with Crippen LogP contribution in [-0.2, 0) is 25.6 Å². The molecule has 1 unspecified atom stereocenters. The van der Waals surface area contributed by atoms with E-state index in [4.69, 9.17) is 0 Å². The standard InChI is InChI=1S/C27H32N4O7S2/c1-15(2)11-20(23(33)30-21(27(37)38)12-17-13-39-14-28-17)29-24(34)22(40-16(3)32)9-6-10-31-25(35)18-7-4-5-8-19(18)26(31)36/h4-5,7-8,13-15,20-22H,6,9-12H2,1-3H3,(H,29,34)(H,30,33)(H,37,38)/t20-,21-,22?/m0/s1. The number of nitrogens with one attached hydrogen (secondary N) is 2. The van der Waals surface area contributed by atoms with Crippen LogP contribution in [0.25, 0.3) is 0 Å². The Balaban J connectivity index is 1.64. The molecule has 0 saturated heterocycles. The van der Waals surface area contributed by atoms with E-state index in [1.165, 1.54) is 18.3 Å². The zero-order valence-electron chi connectivity index (χ0n) is 22.4. The molecule has 3 atom stereocenters. The Kier molecular flexibility index (Phi) is 11.0. The average Bonchev–Trinajstić information content (AvgIpc) is 3.49. The molecule has 1 aromatic heterocycles. The number of thiazole rings is 1. The maximum atomic E-state index is 13.2. The van der Waals surface area contributed by atoms with Gasteiger partial charge in [-0.05, 0) is 37.3 Å². The monoisotopic (exact) mass is 588 g/mol. The zero-order chi connectivity index (χ0) is 29.4. The molecule has 0 spiro atoms. The Labute approximate surface area is 240 Å². The third-order valence-corrected chi connectivity index (χ3v) is 7.88. The van der Waals surface area contributed by atoms with Gasteiger partial charge in [0.2, 0.25) is 11.8 Å². The number of benzene rings is 1. The highest BCUT2D eigenvalue weighted by Crippen LogP contribution is 2.24. The normalized spacial score (nSPS) is 14.9. The van der Waals surface area contributed by atoms with E-state index < -0.39 is 46.9 Å². The summed E-state index contributed by atoms with van der Waals surface area (Å²) >= 11 is 2.11. The van der Waals surface area contributed by atoms with Gasteiger partial charge in [0.15, 0.2) is 5.12 Å². The lowest BCUT2D eigenvalue weighted by atomic mass is 10.0. The quantitative estimate of drug-likeness (QED) is 0.281. The maximum absolute atomic E-state index is 13.2. The van der Waals surface area contributed by atoms with Crippen LogP contribution < -0.4 is 10.6 Å². The molecule has 11 nitrogen and oxygen atoms in total. The van der Waals surface area contributed by atoms with Gasteiger partial charge in [0, 0.05) is 25.3 Å². The number of aliphatic carboxylic acids is 1. The number of carboxylic acids is 1. The Morgan fingerprint density at radius 2 is 1.65 bits per heavy atom. The van der Waals surface area contributed by atoms with Crippen LogP contribution in [0.2, 0.25) is 0 Å². The van der Waals surface area contributed by atoms with Crippen molar-refractivity contribution in [3.8, 4) is 0 Å². The van der Waals surface area contributed by atoms with Crippen LogP contribution in [0.3, 0.4) is 0 Å². The van der Waals surface area contributed by atoms with Crippen molar-refractivity contribution in [1.82, 2.24) is 20.5 Å². The van der Waals surface area contributed by atoms with Crippen LogP contribution in [0.15, 0.2) is 35.2 Å². The van der Waals surface area contributed by atoms with Gasteiger partial charge in [-0.15, -0.1) is 11.3 Å². The summed E-state index contributed by atoms with van der Waals surface area (Å²) in [7, 11) is 0. The Bertz CT molecular complexity index is 1230. The lowest BCUT2D eigenvalue weighted by Crippen LogP contribution is -2.54. The van der Waals surface area contributed by atoms with Crippen LogP contribution in [0.4, 0.5) is 0 Å². The second-order valence-corrected chi connectivity index (χ2v) is 11.9. The molecule has 3 rings (SSSR count). The van der Waals surface area contributed by atoms with Crippen molar-refractivity contribution in [1.29, 1.82) is 0 Å². The first kappa shape index (κ1) is 31.0. The fraction of sp³-hybridized carbons (Fsp3) is 0.444. The van der Waals surface area contributed by atoms with Gasteiger partial charge in [0.1, 0.15) is 12.1 Å². The van der Waals surface area contributed by atoms with Gasteiger partial charge in [0.05, 0.1) is 27.6 Å². The summed E-state index contributed by atoms with van der Waals surface area (Å²) in [6, 6.07) is 4.27. The minimum atomic E-state index is -1.23. The largest absolute Gasteiger partial charge is 0.480 e. The van der Waals surface area contributed by atoms with Crippen LogP contribution in [0.1, 0.15) is 66.4 Å². The lowest BCUT2D eigenvalue weighted by molar-refractivity contribution is -0.142. The number of carbonyl (C=O) groups is 6. The fourth-order valence-electron chi connectivity index (χ4n) is 4.31. The van der Waals surface area contributed by atoms with Crippen molar-refractivity contribution in [3.05, 3.63) is 52.0 Å². The molecule has 1 aromatic carbocycles. The van der Waals surface area contributed by atoms with E-state index in [-0.39, 0.29) is 43.3 Å². The molecule has 0 saturated carbocycles. The molecular weight excluding hydrogens is 556 g/mol. The molecule has 4 amide bonds. The van der Waals surface area contributed by atoms with Gasteiger partial charge in [0.25, 0.3) is 11.8 Å². The van der Waals surface area contributed by atoms with Gasteiger partial charge >= 0.3 is 5.97 Å². The van der Waals surface area contributed by atoms with Gasteiger partial charge in [-0.2, -0.15) is 0 Å². The predicted octanol–water partition coefficient (Wildman–Crippen LogP) is 2.51. The summed E-state index contributed by atoms with van der Waals surface area (Å²) < 4.78 is 0. The number of aromatic nitrogens is 1. The van der Waals surface area contributed by atoms with Crippen molar-refractivity contribution in [2.75, 3.05) is 6.54 Å². The van der Waals surface area contributed by atoms with Crippen molar-refractivity contribution in [2.24, 2.45) is 5.92 Å². The smallest absolute Gasteiger partial charge is 0.326 e. The third-order valence-electron chi connectivity index (χ3n) is 6.18. The molecule has 1 aliphatic heterocycles. The molecule has 0 radical (unpaired) electrons. The van der Waals surface area contributed by atoms with Gasteiger partial charge in [-0.1, -0.05) is 37.7 Å². The second kappa shape index (κ2) is 14.2. The number of amides is 4. The van der Waals surface area contributed by atoms with Crippen molar-refractivity contribution < 1.29 is 33.9 Å². The van der Waals surface area contributed by atoms with Crippen LogP contribution >= 0.6 is 23.1 Å². The van der Waals surface area contributed by atoms with Gasteiger partial charge in [-0.3, -0.25) is 28.9 Å². The lowest BCUT2D eigenvalue weighted by Gasteiger charge is -2.25. The molecule has 0 fully saturated rings. The molecule has 3 N–H and O–H groups in total. The minimum absolute atomic E-state index is 0.00641. The molecule has 1 aliphatic rings. The summed E-state index contributed by atoms with van der Waals surface area (Å²) in [5.74, 6) is -3.25. The molecule has 13 heteroatoms. The number of carboxylic acid groups (broad SMARTS) is 1. The van der Waals surface area contributed by atoms with Crippen molar-refractivity contribution >= 4 is 57.8 Å². The number of nitrogens with zero attached hydrogens (tertiary/aromatic N) is 2. The van der Waals surface area contributed by atoms with Crippen LogP contribution in [0.5, 0.6) is 0 Å². The molecule has 0 aliphatic carbocycles. The van der Waals surface area contributed by atoms with E-state index in [1.807, 2.05) is 13.8 Å². The minimum Gasteiger partial charge on any atom is -0.480 e. The predicted molar refractivity (Wildman–Crippen MR) is 150 cm³/mol. The second-order valence-electron chi connectivity index (χ2n) is 9.82. The van der Waals surface area contributed by atoms with E-state index in [1.54, 1.807) is 35.2 Å². The molecule has 2 aromatic rings. The maximum Gasteiger partial charge on any atom is 0.326 e. The summed E-state index contributed by atoms with van der Waals surface area (Å²) in [5, 5.41) is 15.3. The van der Waals surface area contributed by atoms with Crippen molar-refractivity contribution in [2.45, 2.75) is 63.8 Å². The highest BCUT2D eigenvalue weighted by molar-refractivity contribution is 8.14. The van der Waals surface area contributed by atoms with Crippen LogP contribution in [0, 0.1) is 5.92 Å². The molecule has 2 heterocycles. The summed E-state index contributed by atoms with van der Waals surface area (Å²) in [6.45, 7) is 5.12. The first-order valence-corrected chi connectivity index (χ1v) is 14.6. The summed E-state index contributed by atoms with van der Waals surface area (Å²) in [5.41, 5.74) is 2.76. The number of thioether (sulfide) groups is 1. The number of carbonyl (C=O) groups excluding carboxylic acids is 5. The fourth-order valence-corrected chi connectivity index (χ4v) is 5.74. The Morgan fingerprint density at radius 1 is 1.02 bits per heavy atom. The SMILES string of the molecule is CC(=O)SC(CCCN1C(=O)c2ccccc2C1=O)C(=O)N[C@@H](CC(C)C)C(=O)N[C@@H](Cc1cscn1)C(=O)O. The Hall–Kier alpha value is -3.58. The Morgan fingerprint density at radius 3 is 2.17 bits per heavy atom. The number of rotatable bonds is 14. The molecule has 214 valence electrons. The topological polar surface area (TPSA) is 163 Å². The van der Waals surface area contributed by atoms with Crippen molar-refractivity contribution in [3.63, 3.8) is 0 Å². The van der Waals surface area contributed by atoms with E-state index in [9.17, 15) is 33.9 Å². The first-order valence-electron chi connectivity index (χ1n) is 12.8. The summed E-state index contributed by atoms with van der Waals surface area (Å²) in [4.78, 5) is 80.5. The number of hydrogen-bond donors (Lipinski definition) is 3. The van der Waals surface area contributed by atoms with Gasteiger partial charge in [-0.25, -0.2) is 9.78 Å². The van der Waals surface area contributed by atoms with E-state index in [0.717, 1.165) is 16.7 Å². The van der Waals surface area contributed by atoms with E-state index in [2.05, 4.69) is 15.6 Å². The highest BCUT2D eigenvalue weighted by Gasteiger charge is 2.35. The average molecular weight is 589 g/mol. The van der Waals surface area contributed by atoms with Crippen LogP contribution in [-0.4, -0.2) is 73.6 Å². The molecule has 40 heavy (non-hydrogen) atoms. The highest BCUT2D eigenvalue weighted by atomic mass is 32.2. The number of hydrogen-bond acceptors (Lipinski definition) is 9. The zero-order valence-corrected chi connectivity index (χ0v) is 24.0. The molecule has 0 bridgehead atoms. The van der Waals surface area contributed by atoms with Gasteiger partial charge < -0.3 is 15.7 Å². The summed E-state index contributed by atoms with van der Waals surface area (Å²) in [6.07, 6.45) is 0.668. The first-order chi connectivity index (χ1) is 19.0. The molecular formula is C27H32N4O7S2. The van der Waals surface area contributed by atoms with E-state index in [0.29, 0.717) is 16.8 Å². The number of fused-ring (bicyclic) bond motifs is 1. The van der Waals surface area contributed by atoms with E-state index >= 15 is 0 Å².